The van der Waals surface area contributed by atoms with Gasteiger partial charge >= 0.3 is 6.03 Å². The van der Waals surface area contributed by atoms with E-state index < -0.39 is 0 Å². The van der Waals surface area contributed by atoms with E-state index in [0.717, 1.165) is 25.8 Å². The van der Waals surface area contributed by atoms with E-state index in [9.17, 15) is 9.90 Å². The van der Waals surface area contributed by atoms with Crippen molar-refractivity contribution >= 4 is 6.03 Å². The number of likely N-dealkylation sites (tertiary alicyclic amines) is 1. The van der Waals surface area contributed by atoms with Crippen LogP contribution in [0.2, 0.25) is 0 Å². The van der Waals surface area contributed by atoms with E-state index in [1.165, 1.54) is 0 Å². The van der Waals surface area contributed by atoms with Crippen molar-refractivity contribution in [3.8, 4) is 0 Å². The molecule has 88 valence electrons. The third-order valence-electron chi connectivity index (χ3n) is 2.87. The zero-order valence-electron chi connectivity index (χ0n) is 9.94. The molecule has 1 aliphatic rings. The minimum absolute atomic E-state index is 0.0698. The second kappa shape index (κ2) is 5.35. The molecule has 0 aromatic carbocycles. The number of carbonyl (C=O) groups is 1. The van der Waals surface area contributed by atoms with Crippen molar-refractivity contribution in [3.05, 3.63) is 0 Å². The average Bonchev–Trinajstić information content (AvgIpc) is 2.16. The highest BCUT2D eigenvalue weighted by molar-refractivity contribution is 5.74. The highest BCUT2D eigenvalue weighted by atomic mass is 16.3. The highest BCUT2D eigenvalue weighted by Crippen LogP contribution is 2.21. The van der Waals surface area contributed by atoms with Crippen molar-refractivity contribution in [1.29, 1.82) is 0 Å². The van der Waals surface area contributed by atoms with Crippen LogP contribution in [0.25, 0.3) is 0 Å². The monoisotopic (exact) mass is 214 g/mol. The molecule has 2 unspecified atom stereocenters. The molecule has 1 rings (SSSR count). The van der Waals surface area contributed by atoms with Crippen LogP contribution in [0.4, 0.5) is 4.79 Å². The summed E-state index contributed by atoms with van der Waals surface area (Å²) in [4.78, 5) is 15.4. The Kier molecular flexibility index (Phi) is 4.39. The van der Waals surface area contributed by atoms with E-state index in [0.29, 0.717) is 6.42 Å². The van der Waals surface area contributed by atoms with Crippen LogP contribution in [0.15, 0.2) is 0 Å². The topological polar surface area (TPSA) is 43.8 Å². The lowest BCUT2D eigenvalue weighted by atomic mass is 9.97. The van der Waals surface area contributed by atoms with Crippen molar-refractivity contribution in [2.45, 2.75) is 44.8 Å². The summed E-state index contributed by atoms with van der Waals surface area (Å²) in [5.41, 5.74) is 0. The molecule has 0 aromatic rings. The second-order valence-corrected chi connectivity index (χ2v) is 4.60. The van der Waals surface area contributed by atoms with Gasteiger partial charge in [-0.2, -0.15) is 0 Å². The van der Waals surface area contributed by atoms with E-state index >= 15 is 0 Å². The molecule has 0 spiro atoms. The van der Waals surface area contributed by atoms with Gasteiger partial charge in [0.1, 0.15) is 0 Å². The molecule has 0 radical (unpaired) electrons. The van der Waals surface area contributed by atoms with Gasteiger partial charge in [0, 0.05) is 26.7 Å². The first-order valence-electron chi connectivity index (χ1n) is 5.68. The predicted molar refractivity (Wildman–Crippen MR) is 59.7 cm³/mol. The summed E-state index contributed by atoms with van der Waals surface area (Å²) in [6.45, 7) is 2.61. The smallest absolute Gasteiger partial charge is 0.319 e. The summed E-state index contributed by atoms with van der Waals surface area (Å²) >= 11 is 0. The van der Waals surface area contributed by atoms with Gasteiger partial charge in [0.2, 0.25) is 0 Å². The lowest BCUT2D eigenvalue weighted by Gasteiger charge is -2.37. The van der Waals surface area contributed by atoms with Gasteiger partial charge in [-0.1, -0.05) is 0 Å². The summed E-state index contributed by atoms with van der Waals surface area (Å²) in [6, 6.07) is 0.286. The number of amides is 2. The molecule has 1 heterocycles. The number of carbonyl (C=O) groups excluding carboxylic acids is 1. The summed E-state index contributed by atoms with van der Waals surface area (Å²) in [5.74, 6) is 0. The molecular formula is C11H22N2O2. The Bertz CT molecular complexity index is 217. The van der Waals surface area contributed by atoms with E-state index in [4.69, 9.17) is 0 Å². The fourth-order valence-electron chi connectivity index (χ4n) is 2.15. The molecule has 2 amide bonds. The van der Waals surface area contributed by atoms with Crippen molar-refractivity contribution in [3.63, 3.8) is 0 Å². The van der Waals surface area contributed by atoms with Gasteiger partial charge in [-0.3, -0.25) is 0 Å². The Morgan fingerprint density at radius 3 is 2.73 bits per heavy atom. The Hall–Kier alpha value is -0.770. The zero-order valence-corrected chi connectivity index (χ0v) is 9.94. The summed E-state index contributed by atoms with van der Waals surface area (Å²) in [5, 5.41) is 9.39. The van der Waals surface area contributed by atoms with Gasteiger partial charge < -0.3 is 14.9 Å². The lowest BCUT2D eigenvalue weighted by Crippen LogP contribution is -2.49. The fraction of sp³-hybridized carbons (Fsp3) is 0.909. The van der Waals surface area contributed by atoms with Gasteiger partial charge in [-0.05, 0) is 32.6 Å². The van der Waals surface area contributed by atoms with E-state index in [1.54, 1.807) is 25.9 Å². The van der Waals surface area contributed by atoms with Crippen LogP contribution in [0.5, 0.6) is 0 Å². The number of urea groups is 1. The average molecular weight is 214 g/mol. The number of aliphatic hydroxyl groups is 1. The van der Waals surface area contributed by atoms with Crippen LogP contribution in [0.1, 0.15) is 32.6 Å². The van der Waals surface area contributed by atoms with Crippen LogP contribution in [-0.2, 0) is 0 Å². The summed E-state index contributed by atoms with van der Waals surface area (Å²) in [7, 11) is 3.55. The number of rotatable bonds is 2. The maximum Gasteiger partial charge on any atom is 0.319 e. The van der Waals surface area contributed by atoms with E-state index in [2.05, 4.69) is 0 Å². The van der Waals surface area contributed by atoms with Gasteiger partial charge in [0.05, 0.1) is 6.10 Å². The van der Waals surface area contributed by atoms with Crippen molar-refractivity contribution in [2.75, 3.05) is 20.6 Å². The van der Waals surface area contributed by atoms with Crippen LogP contribution >= 0.6 is 0 Å². The van der Waals surface area contributed by atoms with Crippen LogP contribution in [0, 0.1) is 0 Å². The molecule has 4 nitrogen and oxygen atoms in total. The van der Waals surface area contributed by atoms with Gasteiger partial charge in [-0.15, -0.1) is 0 Å². The molecule has 1 fully saturated rings. The Labute approximate surface area is 91.9 Å². The van der Waals surface area contributed by atoms with Crippen molar-refractivity contribution in [1.82, 2.24) is 9.80 Å². The minimum Gasteiger partial charge on any atom is -0.393 e. The number of piperidine rings is 1. The molecule has 0 bridgehead atoms. The molecule has 4 heteroatoms. The molecule has 2 atom stereocenters. The normalized spacial score (nSPS) is 23.7. The third kappa shape index (κ3) is 3.38. The standard InChI is InChI=1S/C11H22N2O2/c1-9(14)8-10-6-4-5-7-13(10)11(15)12(2)3/h9-10,14H,4-8H2,1-3H3. The van der Waals surface area contributed by atoms with E-state index in [1.807, 2.05) is 4.90 Å². The largest absolute Gasteiger partial charge is 0.393 e. The lowest BCUT2D eigenvalue weighted by molar-refractivity contribution is 0.0910. The highest BCUT2D eigenvalue weighted by Gasteiger charge is 2.28. The first kappa shape index (κ1) is 12.3. The van der Waals surface area contributed by atoms with Crippen molar-refractivity contribution in [2.24, 2.45) is 0 Å². The molecule has 0 aliphatic carbocycles. The fourth-order valence-corrected chi connectivity index (χ4v) is 2.15. The minimum atomic E-state index is -0.328. The first-order chi connectivity index (χ1) is 7.02. The summed E-state index contributed by atoms with van der Waals surface area (Å²) < 4.78 is 0. The number of nitrogens with zero attached hydrogens (tertiary/aromatic N) is 2. The van der Waals surface area contributed by atoms with Crippen molar-refractivity contribution < 1.29 is 9.90 Å². The maximum atomic E-state index is 11.9. The van der Waals surface area contributed by atoms with Gasteiger partial charge in [-0.25, -0.2) is 4.79 Å². The molecule has 0 saturated carbocycles. The molecule has 0 aromatic heterocycles. The molecule has 15 heavy (non-hydrogen) atoms. The Balaban J connectivity index is 2.61. The number of aliphatic hydroxyl groups excluding tert-OH is 1. The quantitative estimate of drug-likeness (QED) is 0.753. The molecule has 1 aliphatic heterocycles. The molecule has 1 saturated heterocycles. The molecule has 1 N–H and O–H groups in total. The van der Waals surface area contributed by atoms with Crippen LogP contribution < -0.4 is 0 Å². The Morgan fingerprint density at radius 2 is 2.20 bits per heavy atom. The number of hydrogen-bond acceptors (Lipinski definition) is 2. The second-order valence-electron chi connectivity index (χ2n) is 4.60. The maximum absolute atomic E-state index is 11.9. The third-order valence-corrected chi connectivity index (χ3v) is 2.87. The van der Waals surface area contributed by atoms with E-state index in [-0.39, 0.29) is 18.2 Å². The molecular weight excluding hydrogens is 192 g/mol. The van der Waals surface area contributed by atoms with Crippen LogP contribution in [-0.4, -0.2) is 53.7 Å². The predicted octanol–water partition coefficient (Wildman–Crippen LogP) is 1.29. The number of hydrogen-bond donors (Lipinski definition) is 1. The Morgan fingerprint density at radius 1 is 1.53 bits per heavy atom. The zero-order chi connectivity index (χ0) is 11.4. The SMILES string of the molecule is CC(O)CC1CCCCN1C(=O)N(C)C. The first-order valence-corrected chi connectivity index (χ1v) is 5.68. The van der Waals surface area contributed by atoms with Gasteiger partial charge in [0.25, 0.3) is 0 Å². The van der Waals surface area contributed by atoms with Crippen LogP contribution in [0.3, 0.4) is 0 Å². The summed E-state index contributed by atoms with van der Waals surface area (Å²) in [6.07, 6.45) is 3.62. The van der Waals surface area contributed by atoms with Gasteiger partial charge in [0.15, 0.2) is 0 Å².